The summed E-state index contributed by atoms with van der Waals surface area (Å²) in [5, 5.41) is 19.1. The Balaban J connectivity index is 2.22. The summed E-state index contributed by atoms with van der Waals surface area (Å²) < 4.78 is 17.5. The molecule has 1 fully saturated rings. The highest BCUT2D eigenvalue weighted by atomic mass is 16.7. The van der Waals surface area contributed by atoms with Gasteiger partial charge < -0.3 is 19.2 Å². The smallest absolute Gasteiger partial charge is 0.489 e. The predicted molar refractivity (Wildman–Crippen MR) is 88.7 cm³/mol. The van der Waals surface area contributed by atoms with Crippen molar-refractivity contribution >= 4 is 12.6 Å². The summed E-state index contributed by atoms with van der Waals surface area (Å²) in [6, 6.07) is 7.36. The molecule has 6 heteroatoms. The molecule has 1 heterocycles. The minimum absolute atomic E-state index is 0.109. The molecule has 1 aromatic rings. The van der Waals surface area contributed by atoms with Gasteiger partial charge in [0.05, 0.1) is 22.4 Å². The maximum absolute atomic E-state index is 9.74. The second kappa shape index (κ2) is 5.83. The molecule has 0 radical (unpaired) electrons. The highest BCUT2D eigenvalue weighted by molar-refractivity contribution is 6.62. The Bertz CT molecular complexity index is 612. The Hall–Kier alpha value is -1.55. The fourth-order valence-corrected chi connectivity index (χ4v) is 2.14. The van der Waals surface area contributed by atoms with E-state index < -0.39 is 23.9 Å². The third kappa shape index (κ3) is 3.87. The average Bonchev–Trinajstić information content (AvgIpc) is 2.64. The zero-order valence-corrected chi connectivity index (χ0v) is 14.6. The molecule has 2 rings (SSSR count). The predicted octanol–water partition coefficient (Wildman–Crippen LogP) is 2.01. The summed E-state index contributed by atoms with van der Waals surface area (Å²) in [6.45, 7) is 11.4. The van der Waals surface area contributed by atoms with E-state index in [4.69, 9.17) is 14.0 Å². The lowest BCUT2D eigenvalue weighted by molar-refractivity contribution is 0.00578. The molecule has 1 N–H and O–H groups in total. The summed E-state index contributed by atoms with van der Waals surface area (Å²) in [4.78, 5) is 0. The number of hydrogen-bond acceptors (Lipinski definition) is 5. The summed E-state index contributed by atoms with van der Waals surface area (Å²) in [5.41, 5.74) is -0.657. The highest BCUT2D eigenvalue weighted by Gasteiger charge is 2.51. The molecular weight excluding hydrogens is 293 g/mol. The van der Waals surface area contributed by atoms with E-state index in [0.29, 0.717) is 11.3 Å². The van der Waals surface area contributed by atoms with E-state index >= 15 is 0 Å². The van der Waals surface area contributed by atoms with Gasteiger partial charge in [0.25, 0.3) is 0 Å². The molecule has 5 nitrogen and oxygen atoms in total. The molecule has 0 amide bonds. The first-order valence-electron chi connectivity index (χ1n) is 7.70. The maximum atomic E-state index is 9.74. The lowest BCUT2D eigenvalue weighted by Crippen LogP contribution is -2.41. The third-order valence-electron chi connectivity index (χ3n) is 4.23. The molecule has 0 aliphatic carbocycles. The maximum Gasteiger partial charge on any atom is 0.494 e. The second-order valence-electron chi connectivity index (χ2n) is 7.56. The van der Waals surface area contributed by atoms with Gasteiger partial charge in [-0.3, -0.25) is 0 Å². The van der Waals surface area contributed by atoms with Gasteiger partial charge in [0.2, 0.25) is 0 Å². The monoisotopic (exact) mass is 317 g/mol. The first-order valence-corrected chi connectivity index (χ1v) is 7.70. The zero-order valence-electron chi connectivity index (χ0n) is 14.6. The van der Waals surface area contributed by atoms with E-state index in [1.807, 2.05) is 33.8 Å². The van der Waals surface area contributed by atoms with Gasteiger partial charge in [0.1, 0.15) is 18.4 Å². The van der Waals surface area contributed by atoms with Crippen LogP contribution in [-0.2, 0) is 9.31 Å². The van der Waals surface area contributed by atoms with Crippen LogP contribution in [0.1, 0.15) is 47.1 Å². The number of aliphatic hydroxyl groups is 1. The fourth-order valence-electron chi connectivity index (χ4n) is 2.14. The van der Waals surface area contributed by atoms with Crippen molar-refractivity contribution in [3.05, 3.63) is 23.8 Å². The molecule has 1 saturated heterocycles. The van der Waals surface area contributed by atoms with Crippen LogP contribution in [0.25, 0.3) is 0 Å². The minimum atomic E-state index is -0.961. The Morgan fingerprint density at radius 3 is 2.26 bits per heavy atom. The molecule has 1 aromatic carbocycles. The van der Waals surface area contributed by atoms with Gasteiger partial charge in [-0.2, -0.15) is 5.26 Å². The van der Waals surface area contributed by atoms with Crippen molar-refractivity contribution in [2.75, 3.05) is 6.61 Å². The van der Waals surface area contributed by atoms with E-state index in [-0.39, 0.29) is 6.61 Å². The van der Waals surface area contributed by atoms with Gasteiger partial charge in [-0.15, -0.1) is 0 Å². The normalized spacial score (nSPS) is 19.5. The van der Waals surface area contributed by atoms with Gasteiger partial charge >= 0.3 is 7.12 Å². The molecule has 0 atom stereocenters. The molecule has 0 saturated carbocycles. The second-order valence-corrected chi connectivity index (χ2v) is 7.56. The Labute approximate surface area is 138 Å². The van der Waals surface area contributed by atoms with E-state index in [9.17, 15) is 10.4 Å². The summed E-state index contributed by atoms with van der Waals surface area (Å²) in [6.07, 6.45) is 0. The van der Waals surface area contributed by atoms with Crippen molar-refractivity contribution in [2.45, 2.75) is 58.3 Å². The van der Waals surface area contributed by atoms with Crippen molar-refractivity contribution in [2.24, 2.45) is 0 Å². The van der Waals surface area contributed by atoms with E-state index in [1.54, 1.807) is 26.0 Å². The van der Waals surface area contributed by atoms with Crippen LogP contribution in [0, 0.1) is 11.3 Å². The molecule has 1 aliphatic heterocycles. The molecule has 0 unspecified atom stereocenters. The van der Waals surface area contributed by atoms with Gasteiger partial charge in [0.15, 0.2) is 0 Å². The van der Waals surface area contributed by atoms with E-state index in [2.05, 4.69) is 6.07 Å². The molecular formula is C17H24BNO4. The number of rotatable bonds is 4. The molecule has 0 aromatic heterocycles. The molecule has 124 valence electrons. The molecule has 0 bridgehead atoms. The van der Waals surface area contributed by atoms with Crippen LogP contribution in [0.15, 0.2) is 18.2 Å². The summed E-state index contributed by atoms with van der Waals surface area (Å²) in [7, 11) is -0.518. The van der Waals surface area contributed by atoms with Crippen molar-refractivity contribution in [1.82, 2.24) is 0 Å². The van der Waals surface area contributed by atoms with Gasteiger partial charge in [-0.1, -0.05) is 6.07 Å². The Kier molecular flexibility index (Phi) is 4.51. The highest BCUT2D eigenvalue weighted by Crippen LogP contribution is 2.36. The number of benzene rings is 1. The van der Waals surface area contributed by atoms with Gasteiger partial charge in [0, 0.05) is 0 Å². The van der Waals surface area contributed by atoms with Crippen LogP contribution >= 0.6 is 0 Å². The Morgan fingerprint density at radius 1 is 1.22 bits per heavy atom. The van der Waals surface area contributed by atoms with Crippen molar-refractivity contribution in [3.8, 4) is 11.8 Å². The molecule has 1 aliphatic rings. The fraction of sp³-hybridized carbons (Fsp3) is 0.588. The average molecular weight is 317 g/mol. The quantitative estimate of drug-likeness (QED) is 0.860. The molecule has 23 heavy (non-hydrogen) atoms. The first kappa shape index (κ1) is 17.8. The SMILES string of the molecule is CC(C)(O)COc1ccc(B2OC(C)(C)C(C)(C)O2)cc1C#N. The van der Waals surface area contributed by atoms with Crippen LogP contribution in [0.3, 0.4) is 0 Å². The minimum Gasteiger partial charge on any atom is -0.489 e. The van der Waals surface area contributed by atoms with Crippen LogP contribution in [0.4, 0.5) is 0 Å². The van der Waals surface area contributed by atoms with E-state index in [1.165, 1.54) is 0 Å². The number of ether oxygens (including phenoxy) is 1. The first-order chi connectivity index (χ1) is 10.5. The lowest BCUT2D eigenvalue weighted by atomic mass is 9.78. The van der Waals surface area contributed by atoms with Crippen molar-refractivity contribution in [3.63, 3.8) is 0 Å². The number of nitrogens with zero attached hydrogens (tertiary/aromatic N) is 1. The Morgan fingerprint density at radius 2 is 1.78 bits per heavy atom. The van der Waals surface area contributed by atoms with Crippen LogP contribution in [-0.4, -0.2) is 35.6 Å². The summed E-state index contributed by atoms with van der Waals surface area (Å²) >= 11 is 0. The zero-order chi connectivity index (χ0) is 17.5. The third-order valence-corrected chi connectivity index (χ3v) is 4.23. The topological polar surface area (TPSA) is 71.7 Å². The summed E-state index contributed by atoms with van der Waals surface area (Å²) in [5.74, 6) is 0.440. The van der Waals surface area contributed by atoms with Gasteiger partial charge in [-0.25, -0.2) is 0 Å². The van der Waals surface area contributed by atoms with Crippen molar-refractivity contribution < 1.29 is 19.2 Å². The van der Waals surface area contributed by atoms with E-state index in [0.717, 1.165) is 5.46 Å². The van der Waals surface area contributed by atoms with Crippen LogP contribution < -0.4 is 10.2 Å². The van der Waals surface area contributed by atoms with Crippen molar-refractivity contribution in [1.29, 1.82) is 5.26 Å². The molecule has 0 spiro atoms. The number of hydrogen-bond donors (Lipinski definition) is 1. The number of nitriles is 1. The van der Waals surface area contributed by atoms with Gasteiger partial charge in [-0.05, 0) is 59.1 Å². The standard InChI is InChI=1S/C17H24BNO4/c1-15(2,20)11-21-14-8-7-13(9-12(14)10-19)18-22-16(3,4)17(5,6)23-18/h7-9,20H,11H2,1-6H3. The van der Waals surface area contributed by atoms with Crippen LogP contribution in [0.2, 0.25) is 0 Å². The largest absolute Gasteiger partial charge is 0.494 e. The van der Waals surface area contributed by atoms with Crippen LogP contribution in [0.5, 0.6) is 5.75 Å². The lowest BCUT2D eigenvalue weighted by Gasteiger charge is -2.32.